The Morgan fingerprint density at radius 1 is 1.10 bits per heavy atom. The Morgan fingerprint density at radius 2 is 1.76 bits per heavy atom. The Bertz CT molecular complexity index is 792. The highest BCUT2D eigenvalue weighted by molar-refractivity contribution is 7.89. The van der Waals surface area contributed by atoms with Crippen LogP contribution in [0.1, 0.15) is 27.2 Å². The van der Waals surface area contributed by atoms with Crippen LogP contribution in [0, 0.1) is 5.92 Å². The molecule has 0 saturated heterocycles. The summed E-state index contributed by atoms with van der Waals surface area (Å²) in [6.07, 6.45) is -0.275. The first kappa shape index (κ1) is 24.4. The average molecular weight is 429 g/mol. The molecule has 0 aliphatic carbocycles. The Labute approximate surface area is 170 Å². The van der Waals surface area contributed by atoms with Crippen molar-refractivity contribution < 1.29 is 32.3 Å². The summed E-state index contributed by atoms with van der Waals surface area (Å²) in [5, 5.41) is 4.50. The predicted molar refractivity (Wildman–Crippen MR) is 105 cm³/mol. The zero-order chi connectivity index (χ0) is 21.9. The molecular formula is C18H27N3O7S. The third-order valence-electron chi connectivity index (χ3n) is 3.35. The van der Waals surface area contributed by atoms with Crippen molar-refractivity contribution in [3.8, 4) is 5.75 Å². The fraction of sp³-hybridized carbons (Fsp3) is 0.500. The highest BCUT2D eigenvalue weighted by Crippen LogP contribution is 2.15. The molecule has 29 heavy (non-hydrogen) atoms. The summed E-state index contributed by atoms with van der Waals surface area (Å²) in [4.78, 5) is 34.6. The van der Waals surface area contributed by atoms with Gasteiger partial charge in [0.05, 0.1) is 17.9 Å². The second kappa shape index (κ2) is 12.0. The fourth-order valence-corrected chi connectivity index (χ4v) is 3.01. The summed E-state index contributed by atoms with van der Waals surface area (Å²) in [6.45, 7) is 5.63. The highest BCUT2D eigenvalue weighted by atomic mass is 32.2. The van der Waals surface area contributed by atoms with Crippen molar-refractivity contribution in [3.63, 3.8) is 0 Å². The van der Waals surface area contributed by atoms with Gasteiger partial charge in [-0.2, -0.15) is 0 Å². The third kappa shape index (κ3) is 9.90. The number of carbonyl (C=O) groups excluding carboxylic acids is 3. The van der Waals surface area contributed by atoms with Gasteiger partial charge in [0, 0.05) is 13.1 Å². The molecule has 0 radical (unpaired) electrons. The minimum atomic E-state index is -3.79. The van der Waals surface area contributed by atoms with Crippen molar-refractivity contribution in [1.29, 1.82) is 0 Å². The van der Waals surface area contributed by atoms with Crippen LogP contribution in [-0.4, -0.2) is 52.6 Å². The van der Waals surface area contributed by atoms with E-state index in [1.807, 2.05) is 26.1 Å². The standard InChI is InChI=1S/C18H27N3O7S/c1-4-27-14-5-7-15(8-6-14)29(25,26)20-10-9-17(23)28-12-16(22)21-18(24)19-11-13(2)3/h5-8,13,20H,4,9-12H2,1-3H3,(H2,19,21,22,24). The summed E-state index contributed by atoms with van der Waals surface area (Å²) in [7, 11) is -3.79. The molecule has 3 N–H and O–H groups in total. The van der Waals surface area contributed by atoms with E-state index in [0.717, 1.165) is 0 Å². The normalized spacial score (nSPS) is 11.0. The van der Waals surface area contributed by atoms with Crippen LogP contribution in [0.25, 0.3) is 0 Å². The monoisotopic (exact) mass is 429 g/mol. The molecule has 1 rings (SSSR count). The molecule has 0 bridgehead atoms. The van der Waals surface area contributed by atoms with E-state index in [-0.39, 0.29) is 23.8 Å². The number of rotatable bonds is 11. The topological polar surface area (TPSA) is 140 Å². The third-order valence-corrected chi connectivity index (χ3v) is 4.83. The van der Waals surface area contributed by atoms with Gasteiger partial charge in [-0.1, -0.05) is 13.8 Å². The maximum atomic E-state index is 12.2. The quantitative estimate of drug-likeness (QED) is 0.442. The lowest BCUT2D eigenvalue weighted by Crippen LogP contribution is -2.42. The second-order valence-corrected chi connectivity index (χ2v) is 8.13. The van der Waals surface area contributed by atoms with E-state index < -0.39 is 34.5 Å². The van der Waals surface area contributed by atoms with Crippen LogP contribution >= 0.6 is 0 Å². The molecule has 0 fully saturated rings. The summed E-state index contributed by atoms with van der Waals surface area (Å²) in [6, 6.07) is 5.16. The van der Waals surface area contributed by atoms with Gasteiger partial charge in [-0.25, -0.2) is 17.9 Å². The molecule has 1 aromatic carbocycles. The van der Waals surface area contributed by atoms with E-state index in [2.05, 4.69) is 10.0 Å². The van der Waals surface area contributed by atoms with Crippen molar-refractivity contribution in [3.05, 3.63) is 24.3 Å². The Balaban J connectivity index is 2.33. The number of hydrogen-bond donors (Lipinski definition) is 3. The van der Waals surface area contributed by atoms with Crippen molar-refractivity contribution in [2.45, 2.75) is 32.1 Å². The van der Waals surface area contributed by atoms with Gasteiger partial charge in [0.2, 0.25) is 10.0 Å². The molecule has 162 valence electrons. The molecule has 10 nitrogen and oxygen atoms in total. The predicted octanol–water partition coefficient (Wildman–Crippen LogP) is 0.779. The Morgan fingerprint density at radius 3 is 2.34 bits per heavy atom. The molecule has 0 aliphatic rings. The molecule has 0 unspecified atom stereocenters. The molecule has 11 heteroatoms. The minimum absolute atomic E-state index is 0.0288. The lowest BCUT2D eigenvalue weighted by Gasteiger charge is -2.09. The number of benzene rings is 1. The second-order valence-electron chi connectivity index (χ2n) is 6.36. The number of imide groups is 1. The lowest BCUT2D eigenvalue weighted by molar-refractivity contribution is -0.148. The van der Waals surface area contributed by atoms with Crippen LogP contribution in [0.4, 0.5) is 4.79 Å². The van der Waals surface area contributed by atoms with Gasteiger partial charge >= 0.3 is 12.0 Å². The van der Waals surface area contributed by atoms with Gasteiger partial charge in [0.15, 0.2) is 6.61 Å². The Kier molecular flexibility index (Phi) is 10.1. The van der Waals surface area contributed by atoms with Gasteiger partial charge in [0.1, 0.15) is 5.75 Å². The highest BCUT2D eigenvalue weighted by Gasteiger charge is 2.15. The van der Waals surface area contributed by atoms with Crippen molar-refractivity contribution in [1.82, 2.24) is 15.4 Å². The van der Waals surface area contributed by atoms with Gasteiger partial charge < -0.3 is 14.8 Å². The fourth-order valence-electron chi connectivity index (χ4n) is 1.97. The summed E-state index contributed by atoms with van der Waals surface area (Å²) >= 11 is 0. The first-order valence-corrected chi connectivity index (χ1v) is 10.6. The summed E-state index contributed by atoms with van der Waals surface area (Å²) in [5.74, 6) is -0.794. The van der Waals surface area contributed by atoms with Crippen LogP contribution in [0.15, 0.2) is 29.2 Å². The van der Waals surface area contributed by atoms with Gasteiger partial charge in [0.25, 0.3) is 5.91 Å². The SMILES string of the molecule is CCOc1ccc(S(=O)(=O)NCCC(=O)OCC(=O)NC(=O)NCC(C)C)cc1. The number of carbonyl (C=O) groups is 3. The Hall–Kier alpha value is -2.66. The molecular weight excluding hydrogens is 402 g/mol. The maximum Gasteiger partial charge on any atom is 0.321 e. The molecule has 0 spiro atoms. The zero-order valence-electron chi connectivity index (χ0n) is 16.7. The number of amides is 3. The molecule has 3 amide bonds. The first-order valence-electron chi connectivity index (χ1n) is 9.10. The zero-order valence-corrected chi connectivity index (χ0v) is 17.5. The van der Waals surface area contributed by atoms with Crippen molar-refractivity contribution >= 4 is 27.9 Å². The number of hydrogen-bond acceptors (Lipinski definition) is 7. The molecule has 0 saturated carbocycles. The van der Waals surface area contributed by atoms with Crippen LogP contribution in [0.3, 0.4) is 0 Å². The lowest BCUT2D eigenvalue weighted by atomic mass is 10.2. The molecule has 0 heterocycles. The summed E-state index contributed by atoms with van der Waals surface area (Å²) in [5.41, 5.74) is 0. The van der Waals surface area contributed by atoms with Gasteiger partial charge in [-0.05, 0) is 37.1 Å². The molecule has 1 aromatic rings. The van der Waals surface area contributed by atoms with Crippen LogP contribution in [0.5, 0.6) is 5.75 Å². The van der Waals surface area contributed by atoms with E-state index in [1.165, 1.54) is 24.3 Å². The van der Waals surface area contributed by atoms with Crippen LogP contribution in [-0.2, 0) is 24.3 Å². The van der Waals surface area contributed by atoms with Gasteiger partial charge in [-0.15, -0.1) is 0 Å². The van der Waals surface area contributed by atoms with E-state index in [0.29, 0.717) is 18.9 Å². The minimum Gasteiger partial charge on any atom is -0.494 e. The number of urea groups is 1. The average Bonchev–Trinajstić information content (AvgIpc) is 2.65. The molecule has 0 aromatic heterocycles. The van der Waals surface area contributed by atoms with Gasteiger partial charge in [-0.3, -0.25) is 14.9 Å². The number of ether oxygens (including phenoxy) is 2. The largest absolute Gasteiger partial charge is 0.494 e. The molecule has 0 aliphatic heterocycles. The smallest absolute Gasteiger partial charge is 0.321 e. The summed E-state index contributed by atoms with van der Waals surface area (Å²) < 4.78 is 36.6. The number of esters is 1. The van der Waals surface area contributed by atoms with E-state index >= 15 is 0 Å². The van der Waals surface area contributed by atoms with E-state index in [1.54, 1.807) is 0 Å². The number of nitrogens with one attached hydrogen (secondary N) is 3. The first-order chi connectivity index (χ1) is 13.6. The van der Waals surface area contributed by atoms with E-state index in [9.17, 15) is 22.8 Å². The van der Waals surface area contributed by atoms with Crippen LogP contribution in [0.2, 0.25) is 0 Å². The van der Waals surface area contributed by atoms with Crippen molar-refractivity contribution in [2.75, 3.05) is 26.3 Å². The number of sulfonamides is 1. The van der Waals surface area contributed by atoms with Crippen molar-refractivity contribution in [2.24, 2.45) is 5.92 Å². The molecule has 0 atom stereocenters. The van der Waals surface area contributed by atoms with E-state index in [4.69, 9.17) is 9.47 Å². The maximum absolute atomic E-state index is 12.2. The van der Waals surface area contributed by atoms with Crippen LogP contribution < -0.4 is 20.1 Å².